The maximum Gasteiger partial charge on any atom is 0.354 e. The van der Waals surface area contributed by atoms with Crippen LogP contribution in [0.5, 0.6) is 0 Å². The smallest absolute Gasteiger partial charge is 0.354 e. The average Bonchev–Trinajstić information content (AvgIpc) is 4.21. The minimum atomic E-state index is -1.07. The number of anilines is 2. The summed E-state index contributed by atoms with van der Waals surface area (Å²) in [5.74, 6) is -1.85. The first-order valence-electron chi connectivity index (χ1n) is 27.9. The van der Waals surface area contributed by atoms with Crippen molar-refractivity contribution in [2.24, 2.45) is 5.41 Å². The lowest BCUT2D eigenvalue weighted by atomic mass is 9.85. The number of carbonyl (C=O) groups is 6. The molecule has 2 aliphatic heterocycles. The Bertz CT molecular complexity index is 3140. The highest BCUT2D eigenvalue weighted by Crippen LogP contribution is 2.32. The van der Waals surface area contributed by atoms with E-state index in [-0.39, 0.29) is 54.8 Å². The second-order valence-corrected chi connectivity index (χ2v) is 24.2. The number of nitrogens with zero attached hydrogens (tertiary/aromatic N) is 6. The van der Waals surface area contributed by atoms with Crippen molar-refractivity contribution in [3.05, 3.63) is 124 Å². The van der Waals surface area contributed by atoms with E-state index in [1.54, 1.807) is 23.3 Å². The number of aromatic nitrogens is 3. The minimum Gasteiger partial charge on any atom is -0.477 e. The lowest BCUT2D eigenvalue weighted by Crippen LogP contribution is -2.57. The number of aryl methyl sites for hydroxylation is 2. The van der Waals surface area contributed by atoms with Crippen LogP contribution in [0, 0.1) is 12.3 Å². The van der Waals surface area contributed by atoms with Gasteiger partial charge in [-0.25, -0.2) is 19.7 Å². The first kappa shape index (κ1) is 59.0. The molecule has 0 unspecified atom stereocenters. The van der Waals surface area contributed by atoms with Gasteiger partial charge in [0.05, 0.1) is 38.4 Å². The van der Waals surface area contributed by atoms with E-state index < -0.39 is 35.5 Å². The molecule has 19 heteroatoms. The summed E-state index contributed by atoms with van der Waals surface area (Å²) in [7, 11) is 1.74. The normalized spacial score (nSPS) is 16.0. The number of unbranched alkanes of at least 4 members (excludes halogenated alkanes) is 6. The molecule has 3 aromatic heterocycles. The van der Waals surface area contributed by atoms with Gasteiger partial charge in [0.2, 0.25) is 23.6 Å². The predicted octanol–water partition coefficient (Wildman–Crippen LogP) is 9.91. The van der Waals surface area contributed by atoms with E-state index in [1.165, 1.54) is 16.2 Å². The molecule has 4 atom stereocenters. The average molecular weight is 1130 g/mol. The predicted molar refractivity (Wildman–Crippen MR) is 314 cm³/mol. The van der Waals surface area contributed by atoms with E-state index in [4.69, 9.17) is 0 Å². The fraction of sp³-hybridized carbons (Fsp3) is 0.459. The monoisotopic (exact) mass is 1130 g/mol. The number of benzene rings is 3. The van der Waals surface area contributed by atoms with Gasteiger partial charge in [-0.3, -0.25) is 29.3 Å². The largest absolute Gasteiger partial charge is 0.477 e. The van der Waals surface area contributed by atoms with Gasteiger partial charge in [0.25, 0.3) is 5.91 Å². The number of hydrogen-bond donors (Lipinski definition) is 5. The highest BCUT2D eigenvalue weighted by atomic mass is 32.1. The zero-order valence-electron chi connectivity index (χ0n) is 46.8. The Labute approximate surface area is 476 Å². The molecule has 1 saturated heterocycles. The summed E-state index contributed by atoms with van der Waals surface area (Å²) < 4.78 is 0.992. The van der Waals surface area contributed by atoms with Gasteiger partial charge < -0.3 is 35.5 Å². The number of carboxylic acid groups (broad SMARTS) is 1. The van der Waals surface area contributed by atoms with Gasteiger partial charge in [0.1, 0.15) is 17.9 Å². The van der Waals surface area contributed by atoms with E-state index >= 15 is 0 Å². The number of likely N-dealkylation sites (tertiary alicyclic amines) is 1. The molecule has 3 aromatic carbocycles. The van der Waals surface area contributed by atoms with Crippen molar-refractivity contribution >= 4 is 79.3 Å². The van der Waals surface area contributed by atoms with Crippen molar-refractivity contribution < 1.29 is 39.0 Å². The fourth-order valence-electron chi connectivity index (χ4n) is 10.6. The second-order valence-electron chi connectivity index (χ2n) is 22.3. The Morgan fingerprint density at radius 3 is 2.30 bits per heavy atom. The number of aromatic carboxylic acids is 1. The van der Waals surface area contributed by atoms with Crippen molar-refractivity contribution in [1.82, 2.24) is 35.4 Å². The van der Waals surface area contributed by atoms with Crippen molar-refractivity contribution in [3.8, 4) is 10.4 Å². The molecule has 0 bridgehead atoms. The molecule has 5 amide bonds. The molecule has 2 aliphatic rings. The van der Waals surface area contributed by atoms with E-state index in [1.807, 2.05) is 124 Å². The molecule has 8 rings (SSSR count). The summed E-state index contributed by atoms with van der Waals surface area (Å²) in [4.78, 5) is 99.9. The number of nitrogens with one attached hydrogen (secondary N) is 3. The van der Waals surface area contributed by atoms with Crippen LogP contribution in [-0.2, 0) is 38.6 Å². The summed E-state index contributed by atoms with van der Waals surface area (Å²) in [5, 5.41) is 30.3. The minimum absolute atomic E-state index is 0.00934. The highest BCUT2D eigenvalue weighted by Gasteiger charge is 2.45. The number of pyridine rings is 1. The third kappa shape index (κ3) is 15.0. The molecule has 0 spiro atoms. The van der Waals surface area contributed by atoms with E-state index in [2.05, 4.69) is 30.9 Å². The van der Waals surface area contributed by atoms with Gasteiger partial charge in [0.15, 0.2) is 10.8 Å². The van der Waals surface area contributed by atoms with Gasteiger partial charge in [-0.1, -0.05) is 119 Å². The van der Waals surface area contributed by atoms with Crippen LogP contribution in [0.25, 0.3) is 20.7 Å². The van der Waals surface area contributed by atoms with E-state index in [9.17, 15) is 39.0 Å². The molecule has 424 valence electrons. The number of thiazole rings is 2. The van der Waals surface area contributed by atoms with E-state index in [0.717, 1.165) is 88.0 Å². The summed E-state index contributed by atoms with van der Waals surface area (Å²) in [6, 6.07) is 23.0. The number of para-hydroxylation sites is 1. The Morgan fingerprint density at radius 1 is 0.850 bits per heavy atom. The Balaban J connectivity index is 0.709. The maximum atomic E-state index is 14.2. The van der Waals surface area contributed by atoms with E-state index in [0.29, 0.717) is 67.4 Å². The van der Waals surface area contributed by atoms with Crippen molar-refractivity contribution in [2.75, 3.05) is 36.9 Å². The lowest BCUT2D eigenvalue weighted by Gasteiger charge is -2.35. The van der Waals surface area contributed by atoms with Gasteiger partial charge in [-0.05, 0) is 103 Å². The van der Waals surface area contributed by atoms with Crippen molar-refractivity contribution in [2.45, 2.75) is 149 Å². The highest BCUT2D eigenvalue weighted by molar-refractivity contribution is 7.22. The number of fused-ring (bicyclic) bond motifs is 2. The third-order valence-corrected chi connectivity index (χ3v) is 17.2. The second kappa shape index (κ2) is 26.9. The first-order valence-corrected chi connectivity index (χ1v) is 29.6. The SMILES string of the molecule is Cc1ncsc1-c1ccc([C@H](C)NC(=O)[C@@H]2C[C@@H](O)CN2C(=O)[C@@H](NC(=O)CCCN(C)C(=O)CCCCCCCCCc2ccc(N3CCc4cccc(C(=O)Nc5nc6ccccc6s5)c4C3)nc2C(=O)O)C(C)(C)C)cc1. The molecule has 1 fully saturated rings. The molecular formula is C61H75N9O8S2. The maximum absolute atomic E-state index is 14.2. The van der Waals surface area contributed by atoms with Crippen molar-refractivity contribution in [1.29, 1.82) is 0 Å². The number of carbonyl (C=O) groups excluding carboxylic acids is 5. The lowest BCUT2D eigenvalue weighted by molar-refractivity contribution is -0.144. The Kier molecular flexibility index (Phi) is 19.9. The van der Waals surface area contributed by atoms with Crippen molar-refractivity contribution in [3.63, 3.8) is 0 Å². The summed E-state index contributed by atoms with van der Waals surface area (Å²) >= 11 is 3.00. The van der Waals surface area contributed by atoms with Crippen LogP contribution >= 0.6 is 22.7 Å². The zero-order chi connectivity index (χ0) is 57.1. The molecule has 0 radical (unpaired) electrons. The van der Waals surface area contributed by atoms with Gasteiger partial charge in [-0.2, -0.15) is 0 Å². The number of aliphatic hydroxyl groups is 1. The molecule has 5 N–H and O–H groups in total. The molecule has 0 aliphatic carbocycles. The van der Waals surface area contributed by atoms with Gasteiger partial charge in [0, 0.05) is 58.1 Å². The molecular weight excluding hydrogens is 1050 g/mol. The number of β-amino-alcohol motifs (C(OH)–C–C–N with tert-alkyl or cyclic N) is 1. The van der Waals surface area contributed by atoms with Crippen LogP contribution < -0.4 is 20.9 Å². The molecule has 5 heterocycles. The summed E-state index contributed by atoms with van der Waals surface area (Å²) in [5.41, 5.74) is 8.13. The molecule has 17 nitrogen and oxygen atoms in total. The topological polar surface area (TPSA) is 227 Å². The van der Waals surface area contributed by atoms with Crippen LogP contribution in [0.3, 0.4) is 0 Å². The number of carboxylic acids is 1. The number of amides is 5. The third-order valence-electron chi connectivity index (χ3n) is 15.2. The van der Waals surface area contributed by atoms with Gasteiger partial charge >= 0.3 is 5.97 Å². The van der Waals surface area contributed by atoms with Crippen LogP contribution in [0.4, 0.5) is 10.9 Å². The summed E-state index contributed by atoms with van der Waals surface area (Å²) in [6.45, 7) is 10.8. The number of rotatable bonds is 24. The fourth-order valence-corrected chi connectivity index (χ4v) is 12.3. The zero-order valence-corrected chi connectivity index (χ0v) is 48.4. The van der Waals surface area contributed by atoms with Gasteiger partial charge in [-0.15, -0.1) is 11.3 Å². The standard InChI is InChI=1S/C61H75N9O8S2/c1-38(40-25-27-43(28-26-40)54-39(2)62-37-79-54)63-57(75)48-34-44(71)35-70(48)58(76)55(61(3,4)5)66-51(72)23-17-32-68(6)52(73)24-13-11-9-7-8-10-12-18-42-29-30-50(65-53(42)59(77)78)69-33-31-41-19-16-20-45(46(41)36-69)56(74)67-60-64-47-21-14-15-22-49(47)80-60/h14-16,19-22,25-30,37-38,44,48,55,71H,7-13,17-18,23-24,31-36H2,1-6H3,(H,63,75)(H,66,72)(H,77,78)(H,64,67,74)/t38-,44+,48-,55+/m0/s1. The van der Waals surface area contributed by atoms with Crippen LogP contribution in [0.2, 0.25) is 0 Å². The number of hydrogen-bond acceptors (Lipinski definition) is 13. The summed E-state index contributed by atoms with van der Waals surface area (Å²) in [6.07, 6.45) is 7.83. The van der Waals surface area contributed by atoms with Crippen LogP contribution in [0.15, 0.2) is 84.4 Å². The molecule has 80 heavy (non-hydrogen) atoms. The number of aliphatic hydroxyl groups excluding tert-OH is 1. The molecule has 6 aromatic rings. The Hall–Kier alpha value is -7.09. The molecule has 0 saturated carbocycles. The van der Waals surface area contributed by atoms with Crippen LogP contribution in [0.1, 0.15) is 153 Å². The Morgan fingerprint density at radius 2 is 1.59 bits per heavy atom. The first-order chi connectivity index (χ1) is 38.3. The van der Waals surface area contributed by atoms with Crippen LogP contribution in [-0.4, -0.2) is 115 Å². The quantitative estimate of drug-likeness (QED) is 0.0357.